The average Bonchev–Trinajstić information content (AvgIpc) is 2.38. The number of nitrogens with two attached hydrogens (primary N) is 1. The topological polar surface area (TPSA) is 38.0 Å². The van der Waals surface area contributed by atoms with Gasteiger partial charge in [-0.1, -0.05) is 41.4 Å². The first-order chi connectivity index (χ1) is 9.11. The van der Waals surface area contributed by atoms with Crippen molar-refractivity contribution in [1.82, 2.24) is 5.43 Å². The molecule has 0 radical (unpaired) electrons. The highest BCUT2D eigenvalue weighted by atomic mass is 35.5. The quantitative estimate of drug-likeness (QED) is 0.664. The maximum Gasteiger partial charge on any atom is 0.127 e. The minimum atomic E-state index is -0.338. The fourth-order valence-electron chi connectivity index (χ4n) is 1.93. The van der Waals surface area contributed by atoms with Crippen LogP contribution in [0.5, 0.6) is 0 Å². The average molecular weight is 299 g/mol. The van der Waals surface area contributed by atoms with Gasteiger partial charge in [0, 0.05) is 15.6 Å². The lowest BCUT2D eigenvalue weighted by Gasteiger charge is -2.17. The van der Waals surface area contributed by atoms with Gasteiger partial charge in [-0.15, -0.1) is 0 Å². The monoisotopic (exact) mass is 298 g/mol. The van der Waals surface area contributed by atoms with Gasteiger partial charge in [0.2, 0.25) is 0 Å². The van der Waals surface area contributed by atoms with Crippen molar-refractivity contribution < 1.29 is 4.39 Å². The van der Waals surface area contributed by atoms with Crippen molar-refractivity contribution in [3.8, 4) is 0 Å². The zero-order valence-electron chi connectivity index (χ0n) is 10.0. The van der Waals surface area contributed by atoms with Gasteiger partial charge in [0.05, 0.1) is 6.04 Å². The molecule has 0 fully saturated rings. The number of benzene rings is 2. The zero-order chi connectivity index (χ0) is 13.8. The Morgan fingerprint density at radius 2 is 1.89 bits per heavy atom. The summed E-state index contributed by atoms with van der Waals surface area (Å²) in [6.45, 7) is 0. The number of nitrogens with one attached hydrogen (secondary N) is 1. The van der Waals surface area contributed by atoms with Crippen LogP contribution in [0.15, 0.2) is 42.5 Å². The fourth-order valence-corrected chi connectivity index (χ4v) is 2.37. The number of hydrogen-bond donors (Lipinski definition) is 2. The van der Waals surface area contributed by atoms with Crippen molar-refractivity contribution in [1.29, 1.82) is 0 Å². The first kappa shape index (κ1) is 14.3. The molecule has 0 saturated carbocycles. The number of hydrogen-bond acceptors (Lipinski definition) is 2. The molecule has 100 valence electrons. The van der Waals surface area contributed by atoms with Crippen molar-refractivity contribution in [3.63, 3.8) is 0 Å². The van der Waals surface area contributed by atoms with Gasteiger partial charge >= 0.3 is 0 Å². The van der Waals surface area contributed by atoms with Gasteiger partial charge in [0.25, 0.3) is 0 Å². The summed E-state index contributed by atoms with van der Waals surface area (Å²) in [6.07, 6.45) is 0.350. The maximum absolute atomic E-state index is 13.8. The Balaban J connectivity index is 2.29. The Bertz CT molecular complexity index is 555. The van der Waals surface area contributed by atoms with E-state index in [-0.39, 0.29) is 11.9 Å². The zero-order valence-corrected chi connectivity index (χ0v) is 11.5. The molecule has 19 heavy (non-hydrogen) atoms. The van der Waals surface area contributed by atoms with Gasteiger partial charge in [-0.3, -0.25) is 11.3 Å². The molecule has 1 atom stereocenters. The maximum atomic E-state index is 13.8. The SMILES string of the molecule is NNC(Cc1c(F)cccc1Cl)c1cccc(Cl)c1. The second-order valence-electron chi connectivity index (χ2n) is 4.18. The van der Waals surface area contributed by atoms with Crippen LogP contribution >= 0.6 is 23.2 Å². The van der Waals surface area contributed by atoms with Crippen LogP contribution in [0.1, 0.15) is 17.2 Å². The molecule has 5 heteroatoms. The summed E-state index contributed by atoms with van der Waals surface area (Å²) in [7, 11) is 0. The molecular weight excluding hydrogens is 286 g/mol. The van der Waals surface area contributed by atoms with Crippen LogP contribution in [0.4, 0.5) is 4.39 Å². The first-order valence-electron chi connectivity index (χ1n) is 5.76. The molecule has 2 nitrogen and oxygen atoms in total. The van der Waals surface area contributed by atoms with E-state index in [0.717, 1.165) is 5.56 Å². The molecule has 2 aromatic rings. The van der Waals surface area contributed by atoms with Crippen LogP contribution < -0.4 is 11.3 Å². The van der Waals surface area contributed by atoms with Crippen molar-refractivity contribution in [2.24, 2.45) is 5.84 Å². The van der Waals surface area contributed by atoms with E-state index in [1.165, 1.54) is 6.07 Å². The van der Waals surface area contributed by atoms with E-state index in [9.17, 15) is 4.39 Å². The molecular formula is C14H13Cl2FN2. The first-order valence-corrected chi connectivity index (χ1v) is 6.52. The molecule has 0 bridgehead atoms. The van der Waals surface area contributed by atoms with Crippen LogP contribution in [0.25, 0.3) is 0 Å². The highest BCUT2D eigenvalue weighted by Crippen LogP contribution is 2.26. The largest absolute Gasteiger partial charge is 0.271 e. The molecule has 0 aliphatic carbocycles. The smallest absolute Gasteiger partial charge is 0.127 e. The van der Waals surface area contributed by atoms with Gasteiger partial charge in [0.1, 0.15) is 5.82 Å². The van der Waals surface area contributed by atoms with Gasteiger partial charge < -0.3 is 0 Å². The van der Waals surface area contributed by atoms with E-state index in [2.05, 4.69) is 5.43 Å². The number of halogens is 3. The minimum Gasteiger partial charge on any atom is -0.271 e. The Morgan fingerprint density at radius 3 is 2.53 bits per heavy atom. The highest BCUT2D eigenvalue weighted by molar-refractivity contribution is 6.31. The molecule has 0 saturated heterocycles. The lowest BCUT2D eigenvalue weighted by Crippen LogP contribution is -2.29. The third-order valence-corrected chi connectivity index (χ3v) is 3.51. The van der Waals surface area contributed by atoms with Crippen molar-refractivity contribution in [3.05, 3.63) is 69.5 Å². The number of hydrazine groups is 1. The summed E-state index contributed by atoms with van der Waals surface area (Å²) in [5, 5.41) is 1.000. The Morgan fingerprint density at radius 1 is 1.16 bits per heavy atom. The lowest BCUT2D eigenvalue weighted by molar-refractivity contribution is 0.529. The standard InChI is InChI=1S/C14H13Cl2FN2/c15-10-4-1-3-9(7-10)14(19-18)8-11-12(16)5-2-6-13(11)17/h1-7,14,19H,8,18H2. The summed E-state index contributed by atoms with van der Waals surface area (Å²) in [6, 6.07) is 11.6. The van der Waals surface area contributed by atoms with Crippen LogP contribution in [0.3, 0.4) is 0 Å². The van der Waals surface area contributed by atoms with E-state index in [0.29, 0.717) is 22.0 Å². The van der Waals surface area contributed by atoms with Crippen LogP contribution in [0, 0.1) is 5.82 Å². The van der Waals surface area contributed by atoms with Crippen molar-refractivity contribution in [2.75, 3.05) is 0 Å². The van der Waals surface area contributed by atoms with Gasteiger partial charge in [-0.05, 0) is 36.2 Å². The molecule has 1 unspecified atom stereocenters. The third-order valence-electron chi connectivity index (χ3n) is 2.92. The summed E-state index contributed by atoms with van der Waals surface area (Å²) in [4.78, 5) is 0. The predicted molar refractivity (Wildman–Crippen MR) is 76.6 cm³/mol. The van der Waals surface area contributed by atoms with Crippen LogP contribution in [-0.4, -0.2) is 0 Å². The van der Waals surface area contributed by atoms with E-state index < -0.39 is 0 Å². The molecule has 0 aromatic heterocycles. The van der Waals surface area contributed by atoms with E-state index >= 15 is 0 Å². The van der Waals surface area contributed by atoms with Gasteiger partial charge in [-0.25, -0.2) is 4.39 Å². The van der Waals surface area contributed by atoms with E-state index in [1.54, 1.807) is 24.3 Å². The summed E-state index contributed by atoms with van der Waals surface area (Å²) < 4.78 is 13.8. The normalized spacial score (nSPS) is 12.4. The fraction of sp³-hybridized carbons (Fsp3) is 0.143. The molecule has 2 rings (SSSR count). The second kappa shape index (κ2) is 6.35. The second-order valence-corrected chi connectivity index (χ2v) is 5.02. The molecule has 0 amide bonds. The van der Waals surface area contributed by atoms with Crippen LogP contribution in [-0.2, 0) is 6.42 Å². The summed E-state index contributed by atoms with van der Waals surface area (Å²) >= 11 is 12.0. The Kier molecular flexibility index (Phi) is 4.77. The highest BCUT2D eigenvalue weighted by Gasteiger charge is 2.15. The number of rotatable bonds is 4. The summed E-state index contributed by atoms with van der Waals surface area (Å²) in [5.74, 6) is 5.21. The molecule has 2 aromatic carbocycles. The van der Waals surface area contributed by atoms with Crippen molar-refractivity contribution >= 4 is 23.2 Å². The Labute approximate surface area is 121 Å². The molecule has 0 aliphatic heterocycles. The van der Waals surface area contributed by atoms with Crippen molar-refractivity contribution in [2.45, 2.75) is 12.5 Å². The lowest BCUT2D eigenvalue weighted by atomic mass is 9.99. The molecule has 0 aliphatic rings. The van der Waals surface area contributed by atoms with E-state index in [4.69, 9.17) is 29.0 Å². The Hall–Kier alpha value is -1.13. The summed E-state index contributed by atoms with van der Waals surface area (Å²) in [5.41, 5.74) is 3.99. The predicted octanol–water partition coefficient (Wildman–Crippen LogP) is 3.88. The van der Waals surface area contributed by atoms with Gasteiger partial charge in [0.15, 0.2) is 0 Å². The van der Waals surface area contributed by atoms with Gasteiger partial charge in [-0.2, -0.15) is 0 Å². The molecule has 3 N–H and O–H groups in total. The minimum absolute atomic E-state index is 0.256. The molecule has 0 heterocycles. The third kappa shape index (κ3) is 3.45. The molecule has 0 spiro atoms. The van der Waals surface area contributed by atoms with Crippen LogP contribution in [0.2, 0.25) is 10.0 Å². The van der Waals surface area contributed by atoms with E-state index in [1.807, 2.05) is 12.1 Å².